The van der Waals surface area contributed by atoms with Gasteiger partial charge in [0.05, 0.1) is 18.7 Å². The molecule has 3 atom stereocenters. The normalized spacial score (nSPS) is 24.6. The Labute approximate surface area is 150 Å². The van der Waals surface area contributed by atoms with Gasteiger partial charge in [0.1, 0.15) is 17.4 Å². The predicted octanol–water partition coefficient (Wildman–Crippen LogP) is 3.01. The van der Waals surface area contributed by atoms with Crippen LogP contribution in [0.2, 0.25) is 0 Å². The summed E-state index contributed by atoms with van der Waals surface area (Å²) in [5, 5.41) is 3.35. The molecule has 2 aliphatic heterocycles. The molecule has 1 amide bonds. The van der Waals surface area contributed by atoms with E-state index in [-0.39, 0.29) is 29.2 Å². The van der Waals surface area contributed by atoms with Gasteiger partial charge in [0, 0.05) is 25.6 Å². The Morgan fingerprint density at radius 1 is 1.15 bits per heavy atom. The quantitative estimate of drug-likeness (QED) is 0.917. The molecular formula is C20H20F2N2O2. The minimum atomic E-state index is -0.488. The molecule has 6 heteroatoms. The fourth-order valence-electron chi connectivity index (χ4n) is 4.25. The van der Waals surface area contributed by atoms with Gasteiger partial charge in [-0.3, -0.25) is 4.79 Å². The first-order valence-electron chi connectivity index (χ1n) is 8.69. The summed E-state index contributed by atoms with van der Waals surface area (Å²) in [6, 6.07) is 10.1. The molecule has 2 aliphatic rings. The maximum atomic E-state index is 13.8. The van der Waals surface area contributed by atoms with E-state index in [1.54, 1.807) is 11.0 Å². The van der Waals surface area contributed by atoms with Crippen LogP contribution in [0, 0.1) is 23.5 Å². The number of nitrogens with one attached hydrogen (secondary N) is 1. The van der Waals surface area contributed by atoms with Crippen molar-refractivity contribution in [2.45, 2.75) is 6.04 Å². The van der Waals surface area contributed by atoms with Crippen LogP contribution in [-0.2, 0) is 0 Å². The standard InChI is InChI=1S/C20H20F2N2O2/c1-26-18-6-5-15(22)8-16(18)20(25)24-11-13-9-23-10-17(13)19(24)12-3-2-4-14(21)7-12/h2-8,13,17,19,23H,9-11H2,1H3/t13-,17-,19+/m0/s1. The van der Waals surface area contributed by atoms with Gasteiger partial charge in [-0.1, -0.05) is 12.1 Å². The summed E-state index contributed by atoms with van der Waals surface area (Å²) >= 11 is 0. The summed E-state index contributed by atoms with van der Waals surface area (Å²) < 4.78 is 32.8. The zero-order valence-electron chi connectivity index (χ0n) is 14.4. The summed E-state index contributed by atoms with van der Waals surface area (Å²) in [5.41, 5.74) is 0.965. The lowest BCUT2D eigenvalue weighted by Crippen LogP contribution is -2.35. The molecule has 26 heavy (non-hydrogen) atoms. The van der Waals surface area contributed by atoms with E-state index in [0.29, 0.717) is 18.2 Å². The third-order valence-corrected chi connectivity index (χ3v) is 5.41. The second kappa shape index (κ2) is 6.68. The van der Waals surface area contributed by atoms with Crippen LogP contribution >= 0.6 is 0 Å². The van der Waals surface area contributed by atoms with Crippen LogP contribution in [0.5, 0.6) is 5.75 Å². The summed E-state index contributed by atoms with van der Waals surface area (Å²) in [5.74, 6) is -0.258. The average molecular weight is 358 g/mol. The summed E-state index contributed by atoms with van der Waals surface area (Å²) in [6.07, 6.45) is 0. The van der Waals surface area contributed by atoms with E-state index in [9.17, 15) is 13.6 Å². The SMILES string of the molecule is COc1ccc(F)cc1C(=O)N1C[C@@H]2CNC[C@@H]2[C@H]1c1cccc(F)c1. The highest BCUT2D eigenvalue weighted by Gasteiger charge is 2.47. The molecule has 4 nitrogen and oxygen atoms in total. The summed E-state index contributed by atoms with van der Waals surface area (Å²) in [7, 11) is 1.46. The number of amides is 1. The lowest BCUT2D eigenvalue weighted by atomic mass is 9.89. The highest BCUT2D eigenvalue weighted by Crippen LogP contribution is 2.44. The lowest BCUT2D eigenvalue weighted by molar-refractivity contribution is 0.0710. The number of benzene rings is 2. The van der Waals surface area contributed by atoms with Gasteiger partial charge >= 0.3 is 0 Å². The first-order valence-corrected chi connectivity index (χ1v) is 8.69. The Morgan fingerprint density at radius 2 is 1.96 bits per heavy atom. The number of carbonyl (C=O) groups excluding carboxylic acids is 1. The molecule has 0 unspecified atom stereocenters. The second-order valence-corrected chi connectivity index (χ2v) is 6.88. The Kier molecular flexibility index (Phi) is 4.36. The number of hydrogen-bond donors (Lipinski definition) is 1. The second-order valence-electron chi connectivity index (χ2n) is 6.88. The van der Waals surface area contributed by atoms with E-state index in [1.165, 1.54) is 37.4 Å². The maximum Gasteiger partial charge on any atom is 0.258 e. The predicted molar refractivity (Wildman–Crippen MR) is 93.0 cm³/mol. The topological polar surface area (TPSA) is 41.6 Å². The van der Waals surface area contributed by atoms with Crippen LogP contribution in [-0.4, -0.2) is 37.6 Å². The molecule has 1 N–H and O–H groups in total. The van der Waals surface area contributed by atoms with Gasteiger partial charge in [-0.15, -0.1) is 0 Å². The molecular weight excluding hydrogens is 338 g/mol. The van der Waals surface area contributed by atoms with Crippen LogP contribution in [0.1, 0.15) is 22.0 Å². The number of fused-ring (bicyclic) bond motifs is 1. The van der Waals surface area contributed by atoms with E-state index < -0.39 is 5.82 Å². The molecule has 0 radical (unpaired) electrons. The smallest absolute Gasteiger partial charge is 0.258 e. The molecule has 2 saturated heterocycles. The largest absolute Gasteiger partial charge is 0.496 e. The monoisotopic (exact) mass is 358 g/mol. The number of likely N-dealkylation sites (tertiary alicyclic amines) is 1. The van der Waals surface area contributed by atoms with Crippen molar-refractivity contribution in [1.82, 2.24) is 10.2 Å². The van der Waals surface area contributed by atoms with E-state index in [4.69, 9.17) is 4.74 Å². The molecule has 2 aromatic carbocycles. The van der Waals surface area contributed by atoms with Crippen molar-refractivity contribution in [1.29, 1.82) is 0 Å². The Hall–Kier alpha value is -2.47. The third kappa shape index (κ3) is 2.84. The highest BCUT2D eigenvalue weighted by atomic mass is 19.1. The Morgan fingerprint density at radius 3 is 2.73 bits per heavy atom. The Balaban J connectivity index is 1.74. The van der Waals surface area contributed by atoms with E-state index in [2.05, 4.69) is 5.32 Å². The van der Waals surface area contributed by atoms with Crippen LogP contribution in [0.4, 0.5) is 8.78 Å². The van der Waals surface area contributed by atoms with Crippen molar-refractivity contribution in [3.05, 3.63) is 65.2 Å². The first-order chi connectivity index (χ1) is 12.6. The van der Waals surface area contributed by atoms with Gasteiger partial charge < -0.3 is 15.0 Å². The van der Waals surface area contributed by atoms with Crippen molar-refractivity contribution in [2.24, 2.45) is 11.8 Å². The van der Waals surface area contributed by atoms with Gasteiger partial charge in [0.2, 0.25) is 0 Å². The van der Waals surface area contributed by atoms with E-state index >= 15 is 0 Å². The van der Waals surface area contributed by atoms with Crippen molar-refractivity contribution in [3.63, 3.8) is 0 Å². The molecule has 2 aromatic rings. The summed E-state index contributed by atoms with van der Waals surface area (Å²) in [6.45, 7) is 2.15. The van der Waals surface area contributed by atoms with Gasteiger partial charge in [-0.05, 0) is 41.8 Å². The van der Waals surface area contributed by atoms with Gasteiger partial charge in [-0.2, -0.15) is 0 Å². The van der Waals surface area contributed by atoms with Crippen molar-refractivity contribution >= 4 is 5.91 Å². The number of nitrogens with zero attached hydrogens (tertiary/aromatic N) is 1. The maximum absolute atomic E-state index is 13.8. The highest BCUT2D eigenvalue weighted by molar-refractivity contribution is 5.97. The molecule has 0 saturated carbocycles. The molecule has 2 fully saturated rings. The van der Waals surface area contributed by atoms with E-state index in [1.807, 2.05) is 6.07 Å². The molecule has 0 spiro atoms. The zero-order valence-corrected chi connectivity index (χ0v) is 14.4. The number of halogens is 2. The minimum Gasteiger partial charge on any atom is -0.496 e. The lowest BCUT2D eigenvalue weighted by Gasteiger charge is -2.29. The molecule has 2 heterocycles. The zero-order chi connectivity index (χ0) is 18.3. The number of hydrogen-bond acceptors (Lipinski definition) is 3. The fourth-order valence-corrected chi connectivity index (χ4v) is 4.25. The molecule has 0 aliphatic carbocycles. The fraction of sp³-hybridized carbons (Fsp3) is 0.350. The molecule has 0 bridgehead atoms. The minimum absolute atomic E-state index is 0.196. The Bertz CT molecular complexity index is 842. The van der Waals surface area contributed by atoms with Crippen LogP contribution in [0.3, 0.4) is 0 Å². The van der Waals surface area contributed by atoms with Crippen molar-refractivity contribution in [3.8, 4) is 5.75 Å². The number of ether oxygens (including phenoxy) is 1. The molecule has 136 valence electrons. The summed E-state index contributed by atoms with van der Waals surface area (Å²) in [4.78, 5) is 15.0. The molecule has 4 rings (SSSR count). The van der Waals surface area contributed by atoms with Crippen molar-refractivity contribution < 1.29 is 18.3 Å². The van der Waals surface area contributed by atoms with Gasteiger partial charge in [-0.25, -0.2) is 8.78 Å². The van der Waals surface area contributed by atoms with Crippen molar-refractivity contribution in [2.75, 3.05) is 26.7 Å². The van der Waals surface area contributed by atoms with Gasteiger partial charge in [0.15, 0.2) is 0 Å². The first kappa shape index (κ1) is 17.0. The van der Waals surface area contributed by atoms with Crippen LogP contribution in [0.15, 0.2) is 42.5 Å². The third-order valence-electron chi connectivity index (χ3n) is 5.41. The van der Waals surface area contributed by atoms with Gasteiger partial charge in [0.25, 0.3) is 5.91 Å². The van der Waals surface area contributed by atoms with Crippen LogP contribution in [0.25, 0.3) is 0 Å². The number of carbonyl (C=O) groups is 1. The average Bonchev–Trinajstić information content (AvgIpc) is 3.21. The van der Waals surface area contributed by atoms with E-state index in [0.717, 1.165) is 18.7 Å². The number of methoxy groups -OCH3 is 1. The molecule has 0 aromatic heterocycles. The van der Waals surface area contributed by atoms with Crippen LogP contribution < -0.4 is 10.1 Å². The number of rotatable bonds is 3.